The molecule has 0 aliphatic carbocycles. The van der Waals surface area contributed by atoms with Crippen molar-refractivity contribution in [2.75, 3.05) is 31.0 Å². The lowest BCUT2D eigenvalue weighted by Crippen LogP contribution is -2.34. The average molecular weight is 475 g/mol. The third-order valence-electron chi connectivity index (χ3n) is 5.46. The molecule has 2 aromatic rings. The highest BCUT2D eigenvalue weighted by Gasteiger charge is 2.37. The van der Waals surface area contributed by atoms with Crippen LogP contribution in [0.5, 0.6) is 11.5 Å². The number of anilines is 1. The minimum absolute atomic E-state index is 0.196. The summed E-state index contributed by atoms with van der Waals surface area (Å²) in [6.07, 6.45) is 1.15. The van der Waals surface area contributed by atoms with E-state index in [1.165, 1.54) is 12.0 Å². The number of rotatable bonds is 9. The molecule has 0 radical (unpaired) electrons. The second-order valence-corrected chi connectivity index (χ2v) is 10.6. The molecule has 1 atom stereocenters. The van der Waals surface area contributed by atoms with Crippen LogP contribution in [0.15, 0.2) is 36.4 Å². The minimum atomic E-state index is -3.44. The van der Waals surface area contributed by atoms with Gasteiger partial charge in [-0.15, -0.1) is 0 Å². The van der Waals surface area contributed by atoms with Gasteiger partial charge in [0.1, 0.15) is 9.84 Å². The molecule has 178 valence electrons. The Morgan fingerprint density at radius 2 is 1.91 bits per heavy atom. The molecule has 1 heterocycles. The highest BCUT2D eigenvalue weighted by atomic mass is 32.2. The Morgan fingerprint density at radius 1 is 1.18 bits per heavy atom. The van der Waals surface area contributed by atoms with Gasteiger partial charge in [0.2, 0.25) is 5.91 Å². The number of ether oxygens (including phenoxy) is 2. The summed E-state index contributed by atoms with van der Waals surface area (Å²) < 4.78 is 35.6. The van der Waals surface area contributed by atoms with Crippen LogP contribution in [0.3, 0.4) is 0 Å². The maximum Gasteiger partial charge on any atom is 0.257 e. The van der Waals surface area contributed by atoms with E-state index in [0.29, 0.717) is 34.9 Å². The van der Waals surface area contributed by atoms with Crippen LogP contribution < -0.4 is 14.8 Å². The molecule has 0 unspecified atom stereocenters. The van der Waals surface area contributed by atoms with Crippen molar-refractivity contribution >= 4 is 27.3 Å². The smallest absolute Gasteiger partial charge is 0.257 e. The van der Waals surface area contributed by atoms with Crippen molar-refractivity contribution in [1.29, 1.82) is 0 Å². The number of carbonyl (C=O) groups excluding carboxylic acids is 2. The Bertz CT molecular complexity index is 1160. The average Bonchev–Trinajstić information content (AvgIpc) is 3.09. The monoisotopic (exact) mass is 474 g/mol. The highest BCUT2D eigenvalue weighted by molar-refractivity contribution is 7.90. The fourth-order valence-electron chi connectivity index (χ4n) is 3.84. The van der Waals surface area contributed by atoms with E-state index in [9.17, 15) is 18.0 Å². The first-order valence-corrected chi connectivity index (χ1v) is 12.8. The number of fused-ring (bicyclic) bond motifs is 1. The summed E-state index contributed by atoms with van der Waals surface area (Å²) in [5.74, 6) is -0.0228. The van der Waals surface area contributed by atoms with E-state index in [0.717, 1.165) is 11.8 Å². The Balaban J connectivity index is 2.03. The Morgan fingerprint density at radius 3 is 2.52 bits per heavy atom. The van der Waals surface area contributed by atoms with Gasteiger partial charge in [0.25, 0.3) is 5.91 Å². The number of sulfone groups is 1. The summed E-state index contributed by atoms with van der Waals surface area (Å²) in [4.78, 5) is 27.3. The number of nitrogens with zero attached hydrogens (tertiary/aromatic N) is 1. The van der Waals surface area contributed by atoms with Crippen molar-refractivity contribution in [2.24, 2.45) is 5.92 Å². The maximum absolute atomic E-state index is 13.5. The molecule has 0 aromatic heterocycles. The molecule has 8 nitrogen and oxygen atoms in total. The maximum atomic E-state index is 13.5. The van der Waals surface area contributed by atoms with Crippen LogP contribution >= 0.6 is 0 Å². The van der Waals surface area contributed by atoms with Crippen molar-refractivity contribution in [3.63, 3.8) is 0 Å². The number of methoxy groups -OCH3 is 1. The van der Waals surface area contributed by atoms with E-state index in [-0.39, 0.29) is 30.0 Å². The Labute approximate surface area is 194 Å². The molecule has 1 aliphatic heterocycles. The molecule has 1 aliphatic rings. The first-order valence-electron chi connectivity index (χ1n) is 10.8. The number of amides is 2. The zero-order chi connectivity index (χ0) is 24.3. The highest BCUT2D eigenvalue weighted by Crippen LogP contribution is 2.38. The predicted molar refractivity (Wildman–Crippen MR) is 126 cm³/mol. The fraction of sp³-hybridized carbons (Fsp3) is 0.417. The lowest BCUT2D eigenvalue weighted by atomic mass is 10.1. The van der Waals surface area contributed by atoms with Crippen LogP contribution in [0, 0.1) is 5.92 Å². The topological polar surface area (TPSA) is 102 Å². The summed E-state index contributed by atoms with van der Waals surface area (Å²) >= 11 is 0. The third kappa shape index (κ3) is 5.47. The summed E-state index contributed by atoms with van der Waals surface area (Å²) in [6, 6.07) is 9.71. The molecule has 3 rings (SSSR count). The van der Waals surface area contributed by atoms with E-state index in [2.05, 4.69) is 5.32 Å². The van der Waals surface area contributed by atoms with Crippen molar-refractivity contribution in [3.05, 3.63) is 53.1 Å². The van der Waals surface area contributed by atoms with Gasteiger partial charge >= 0.3 is 0 Å². The summed E-state index contributed by atoms with van der Waals surface area (Å²) in [6.45, 7) is 6.02. The summed E-state index contributed by atoms with van der Waals surface area (Å²) in [5, 5.41) is 2.82. The van der Waals surface area contributed by atoms with Gasteiger partial charge in [0.05, 0.1) is 36.8 Å². The van der Waals surface area contributed by atoms with Crippen LogP contribution in [-0.4, -0.2) is 50.9 Å². The van der Waals surface area contributed by atoms with Gasteiger partial charge in [0.15, 0.2) is 11.5 Å². The van der Waals surface area contributed by atoms with Gasteiger partial charge in [-0.25, -0.2) is 8.42 Å². The first-order chi connectivity index (χ1) is 15.6. The van der Waals surface area contributed by atoms with E-state index in [4.69, 9.17) is 9.47 Å². The van der Waals surface area contributed by atoms with Crippen LogP contribution in [0.4, 0.5) is 5.69 Å². The predicted octanol–water partition coefficient (Wildman–Crippen LogP) is 3.43. The van der Waals surface area contributed by atoms with Crippen LogP contribution in [0.2, 0.25) is 0 Å². The second-order valence-electron chi connectivity index (χ2n) is 8.37. The van der Waals surface area contributed by atoms with Crippen molar-refractivity contribution in [2.45, 2.75) is 33.4 Å². The quantitative estimate of drug-likeness (QED) is 0.597. The molecular formula is C24H30N2O6S. The summed E-state index contributed by atoms with van der Waals surface area (Å²) in [5.41, 5.74) is 2.18. The van der Waals surface area contributed by atoms with Gasteiger partial charge in [-0.3, -0.25) is 9.59 Å². The first kappa shape index (κ1) is 24.6. The molecular weight excluding hydrogens is 444 g/mol. The number of hydrogen-bond acceptors (Lipinski definition) is 6. The summed E-state index contributed by atoms with van der Waals surface area (Å²) in [7, 11) is -1.91. The normalized spacial score (nSPS) is 14.2. The molecule has 1 N–H and O–H groups in total. The Hall–Kier alpha value is -3.07. The molecule has 9 heteroatoms. The lowest BCUT2D eigenvalue weighted by molar-refractivity contribution is -0.118. The molecule has 0 saturated carbocycles. The van der Waals surface area contributed by atoms with Gasteiger partial charge in [-0.2, -0.15) is 0 Å². The van der Waals surface area contributed by atoms with Crippen molar-refractivity contribution in [3.8, 4) is 11.5 Å². The lowest BCUT2D eigenvalue weighted by Gasteiger charge is -2.28. The van der Waals surface area contributed by atoms with Crippen LogP contribution in [0.25, 0.3) is 0 Å². The third-order valence-corrected chi connectivity index (χ3v) is 6.38. The van der Waals surface area contributed by atoms with Crippen LogP contribution in [0.1, 0.15) is 48.3 Å². The molecule has 33 heavy (non-hydrogen) atoms. The van der Waals surface area contributed by atoms with E-state index in [1.807, 2.05) is 13.0 Å². The largest absolute Gasteiger partial charge is 0.493 e. The number of hydrogen-bond donors (Lipinski definition) is 1. The van der Waals surface area contributed by atoms with Gasteiger partial charge in [0, 0.05) is 18.7 Å². The molecule has 0 spiro atoms. The molecule has 0 bridgehead atoms. The number of carbonyl (C=O) groups is 2. The van der Waals surface area contributed by atoms with E-state index in [1.54, 1.807) is 44.2 Å². The zero-order valence-electron chi connectivity index (χ0n) is 19.5. The van der Waals surface area contributed by atoms with Crippen molar-refractivity contribution < 1.29 is 27.5 Å². The van der Waals surface area contributed by atoms with E-state index >= 15 is 0 Å². The zero-order valence-corrected chi connectivity index (χ0v) is 20.4. The van der Waals surface area contributed by atoms with Gasteiger partial charge in [-0.05, 0) is 36.2 Å². The van der Waals surface area contributed by atoms with Gasteiger partial charge in [-0.1, -0.05) is 32.0 Å². The second kappa shape index (κ2) is 9.82. The molecule has 2 aromatic carbocycles. The number of benzene rings is 2. The molecule has 0 fully saturated rings. The molecule has 2 amide bonds. The standard InChI is InChI=1S/C24H30N2O6S/c1-6-32-21-12-16(10-11-20(21)31-4)19(14-33(5,29)30)26-13-17-8-7-9-18(22(17)24(26)28)25-23(27)15(2)3/h7-12,15,19H,6,13-14H2,1-5H3,(H,25,27)/t19-/m0/s1. The van der Waals surface area contributed by atoms with Crippen LogP contribution in [-0.2, 0) is 21.2 Å². The number of nitrogens with one attached hydrogen (secondary N) is 1. The van der Waals surface area contributed by atoms with Crippen molar-refractivity contribution in [1.82, 2.24) is 4.90 Å². The van der Waals surface area contributed by atoms with Gasteiger partial charge < -0.3 is 19.7 Å². The fourth-order valence-corrected chi connectivity index (χ4v) is 4.78. The van der Waals surface area contributed by atoms with E-state index < -0.39 is 15.9 Å². The minimum Gasteiger partial charge on any atom is -0.493 e. The Kier molecular flexibility index (Phi) is 7.31. The molecule has 0 saturated heterocycles. The SMILES string of the molecule is CCOc1cc([C@H](CS(C)(=O)=O)N2Cc3cccc(NC(=O)C(C)C)c3C2=O)ccc1OC.